The molecule has 4 rings (SSSR count). The fourth-order valence-electron chi connectivity index (χ4n) is 3.93. The number of aromatic nitrogens is 4. The second kappa shape index (κ2) is 11.6. The first-order chi connectivity index (χ1) is 15.0. The molecule has 0 amide bonds. The Hall–Kier alpha value is -2.40. The highest BCUT2D eigenvalue weighted by Gasteiger charge is 2.38. The van der Waals surface area contributed by atoms with Gasteiger partial charge in [-0.2, -0.15) is 17.9 Å². The van der Waals surface area contributed by atoms with Crippen LogP contribution in [0, 0.1) is 0 Å². The quantitative estimate of drug-likeness (QED) is 0.525. The van der Waals surface area contributed by atoms with Crippen molar-refractivity contribution in [3.05, 3.63) is 65.5 Å². The molecule has 33 heavy (non-hydrogen) atoms. The third-order valence-electron chi connectivity index (χ3n) is 5.40. The van der Waals surface area contributed by atoms with Crippen molar-refractivity contribution < 1.29 is 17.9 Å². The van der Waals surface area contributed by atoms with Crippen LogP contribution in [0.3, 0.4) is 0 Å². The summed E-state index contributed by atoms with van der Waals surface area (Å²) in [4.78, 5) is 0. The summed E-state index contributed by atoms with van der Waals surface area (Å²) >= 11 is 0. The third kappa shape index (κ3) is 6.14. The number of benzene rings is 2. The van der Waals surface area contributed by atoms with E-state index in [1.807, 2.05) is 18.2 Å². The van der Waals surface area contributed by atoms with Gasteiger partial charge in [0, 0.05) is 24.2 Å². The van der Waals surface area contributed by atoms with E-state index in [-0.39, 0.29) is 42.6 Å². The van der Waals surface area contributed by atoms with Crippen LogP contribution >= 0.6 is 24.8 Å². The van der Waals surface area contributed by atoms with Gasteiger partial charge in [-0.25, -0.2) is 0 Å². The minimum Gasteiger partial charge on any atom is -0.496 e. The van der Waals surface area contributed by atoms with Crippen molar-refractivity contribution in [3.8, 4) is 11.4 Å². The van der Waals surface area contributed by atoms with Crippen LogP contribution < -0.4 is 15.4 Å². The lowest BCUT2D eigenvalue weighted by Gasteiger charge is -2.34. The number of tetrazole rings is 1. The largest absolute Gasteiger partial charge is 0.496 e. The highest BCUT2D eigenvalue weighted by molar-refractivity contribution is 5.85. The van der Waals surface area contributed by atoms with Crippen molar-refractivity contribution in [1.29, 1.82) is 0 Å². The van der Waals surface area contributed by atoms with E-state index in [2.05, 4.69) is 38.3 Å². The third-order valence-corrected chi connectivity index (χ3v) is 5.40. The minimum absolute atomic E-state index is 0. The number of rotatable bonds is 6. The summed E-state index contributed by atoms with van der Waals surface area (Å²) in [6, 6.07) is 15.3. The number of nitrogens with zero attached hydrogens (tertiary/aromatic N) is 4. The van der Waals surface area contributed by atoms with Gasteiger partial charge in [0.1, 0.15) is 5.75 Å². The number of alkyl halides is 3. The van der Waals surface area contributed by atoms with Gasteiger partial charge >= 0.3 is 6.18 Å². The molecule has 0 aliphatic carbocycles. The van der Waals surface area contributed by atoms with Crippen molar-refractivity contribution >= 4 is 24.8 Å². The van der Waals surface area contributed by atoms with Gasteiger partial charge in [-0.1, -0.05) is 30.3 Å². The maximum Gasteiger partial charge on any atom is 0.453 e. The number of methoxy groups -OCH3 is 1. The Balaban J connectivity index is 0.00000193. The Morgan fingerprint density at radius 1 is 1.15 bits per heavy atom. The molecule has 7 nitrogen and oxygen atoms in total. The van der Waals surface area contributed by atoms with E-state index >= 15 is 0 Å². The molecule has 0 spiro atoms. The molecule has 1 fully saturated rings. The molecule has 0 radical (unpaired) electrons. The summed E-state index contributed by atoms with van der Waals surface area (Å²) < 4.78 is 45.7. The molecule has 3 aromatic rings. The Morgan fingerprint density at radius 2 is 1.91 bits per heavy atom. The van der Waals surface area contributed by atoms with Crippen molar-refractivity contribution in [1.82, 2.24) is 30.8 Å². The first kappa shape index (κ1) is 26.8. The maximum atomic E-state index is 13.2. The van der Waals surface area contributed by atoms with Gasteiger partial charge in [-0.05, 0) is 53.6 Å². The predicted octanol–water partition coefficient (Wildman–Crippen LogP) is 4.12. The summed E-state index contributed by atoms with van der Waals surface area (Å²) in [5.74, 6) is -0.588. The zero-order valence-corrected chi connectivity index (χ0v) is 19.4. The molecule has 2 heterocycles. The fourth-order valence-corrected chi connectivity index (χ4v) is 3.93. The Bertz CT molecular complexity index is 1020. The molecule has 0 unspecified atom stereocenters. The van der Waals surface area contributed by atoms with Crippen LogP contribution in [0.2, 0.25) is 0 Å². The van der Waals surface area contributed by atoms with E-state index in [1.165, 1.54) is 18.7 Å². The lowest BCUT2D eigenvalue weighted by atomic mass is 9.92. The van der Waals surface area contributed by atoms with Gasteiger partial charge in [0.25, 0.3) is 5.82 Å². The van der Waals surface area contributed by atoms with E-state index in [0.29, 0.717) is 17.0 Å². The molecule has 1 saturated heterocycles. The average molecular weight is 505 g/mol. The van der Waals surface area contributed by atoms with Crippen LogP contribution in [0.1, 0.15) is 35.8 Å². The number of halogens is 5. The second-order valence-corrected chi connectivity index (χ2v) is 7.38. The highest BCUT2D eigenvalue weighted by Crippen LogP contribution is 2.30. The van der Waals surface area contributed by atoms with Gasteiger partial charge in [0.05, 0.1) is 12.8 Å². The number of piperidine rings is 1. The normalized spacial score (nSPS) is 18.2. The number of hydrogen-bond donors (Lipinski definition) is 2. The van der Waals surface area contributed by atoms with Gasteiger partial charge in [-0.15, -0.1) is 29.9 Å². The molecule has 180 valence electrons. The summed E-state index contributed by atoms with van der Waals surface area (Å²) in [6.07, 6.45) is -2.63. The minimum atomic E-state index is -4.65. The van der Waals surface area contributed by atoms with Crippen LogP contribution in [0.4, 0.5) is 13.2 Å². The summed E-state index contributed by atoms with van der Waals surface area (Å²) in [5.41, 5.74) is 2.14. The topological polar surface area (TPSA) is 76.9 Å². The Labute approximate surface area is 201 Å². The van der Waals surface area contributed by atoms with Gasteiger partial charge in [0.15, 0.2) is 0 Å². The molecule has 0 saturated carbocycles. The van der Waals surface area contributed by atoms with Crippen LogP contribution in [-0.4, -0.2) is 39.9 Å². The number of ether oxygens (including phenoxy) is 1. The van der Waals surface area contributed by atoms with E-state index in [1.54, 1.807) is 12.1 Å². The Morgan fingerprint density at radius 3 is 2.61 bits per heavy atom. The molecular formula is C21H25Cl2F3N6O. The maximum absolute atomic E-state index is 13.2. The van der Waals surface area contributed by atoms with Crippen molar-refractivity contribution in [2.24, 2.45) is 0 Å². The van der Waals surface area contributed by atoms with Crippen LogP contribution in [-0.2, 0) is 12.7 Å². The predicted molar refractivity (Wildman–Crippen MR) is 122 cm³/mol. The number of nitrogens with one attached hydrogen (secondary N) is 2. The van der Waals surface area contributed by atoms with Crippen molar-refractivity contribution in [2.75, 3.05) is 13.7 Å². The van der Waals surface area contributed by atoms with Crippen LogP contribution in [0.5, 0.6) is 5.75 Å². The smallest absolute Gasteiger partial charge is 0.453 e. The number of hydrogen-bond acceptors (Lipinski definition) is 6. The van der Waals surface area contributed by atoms with Crippen molar-refractivity contribution in [2.45, 2.75) is 37.6 Å². The lowest BCUT2D eigenvalue weighted by molar-refractivity contribution is -0.146. The fraction of sp³-hybridized carbons (Fsp3) is 0.381. The van der Waals surface area contributed by atoms with Crippen molar-refractivity contribution in [3.63, 3.8) is 0 Å². The van der Waals surface area contributed by atoms with Gasteiger partial charge in [0.2, 0.25) is 0 Å². The van der Waals surface area contributed by atoms with Crippen LogP contribution in [0.25, 0.3) is 5.69 Å². The van der Waals surface area contributed by atoms with E-state index in [9.17, 15) is 13.2 Å². The molecule has 12 heteroatoms. The standard InChI is InChI=1S/C21H23F3N6O.2ClH/c1-31-18-10-9-16(30-20(21(22,23)24)27-28-29-30)12-15(18)13-26-17-8-5-11-25-19(17)14-6-3-2-4-7-14;;/h2-4,6-7,9-10,12,17,19,25-26H,5,8,11,13H2,1H3;2*1H/t17-,19+;;/m0../s1. The highest BCUT2D eigenvalue weighted by atomic mass is 35.5. The summed E-state index contributed by atoms with van der Waals surface area (Å²) in [5, 5.41) is 16.9. The average Bonchev–Trinajstić information content (AvgIpc) is 3.29. The van der Waals surface area contributed by atoms with E-state index in [4.69, 9.17) is 4.74 Å². The zero-order valence-electron chi connectivity index (χ0n) is 17.7. The molecule has 1 aliphatic heterocycles. The molecular weight excluding hydrogens is 480 g/mol. The molecule has 2 atom stereocenters. The van der Waals surface area contributed by atoms with Gasteiger partial charge in [-0.3, -0.25) is 0 Å². The molecule has 2 N–H and O–H groups in total. The molecule has 1 aliphatic rings. The monoisotopic (exact) mass is 504 g/mol. The molecule has 2 aromatic carbocycles. The molecule has 1 aromatic heterocycles. The van der Waals surface area contributed by atoms with Gasteiger partial charge < -0.3 is 15.4 Å². The lowest BCUT2D eigenvalue weighted by Crippen LogP contribution is -2.45. The van der Waals surface area contributed by atoms with E-state index in [0.717, 1.165) is 24.9 Å². The second-order valence-electron chi connectivity index (χ2n) is 7.38. The molecule has 0 bridgehead atoms. The SMILES string of the molecule is COc1ccc(-n2nnnc2C(F)(F)F)cc1CN[C@H]1CCCN[C@@H]1c1ccccc1.Cl.Cl. The summed E-state index contributed by atoms with van der Waals surface area (Å²) in [7, 11) is 1.53. The Kier molecular flexibility index (Phi) is 9.47. The first-order valence-corrected chi connectivity index (χ1v) is 10.0. The first-order valence-electron chi connectivity index (χ1n) is 10.0. The van der Waals surface area contributed by atoms with E-state index < -0.39 is 12.0 Å². The zero-order chi connectivity index (χ0) is 21.8. The summed E-state index contributed by atoms with van der Waals surface area (Å²) in [6.45, 7) is 1.37. The van der Waals surface area contributed by atoms with Crippen LogP contribution in [0.15, 0.2) is 48.5 Å².